The molecule has 1 saturated heterocycles. The SMILES string of the molecule is COc1c(Cl)cc(Cl)cc1/C(O)=C1/C(=O)C(=O)N(Cc2cccnc2)C1c1cccs1. The summed E-state index contributed by atoms with van der Waals surface area (Å²) < 4.78 is 5.32. The Bertz CT molecular complexity index is 1180. The number of aromatic nitrogens is 1. The lowest BCUT2D eigenvalue weighted by molar-refractivity contribution is -0.140. The number of nitrogens with zero attached hydrogens (tertiary/aromatic N) is 2. The van der Waals surface area contributed by atoms with Gasteiger partial charge in [0, 0.05) is 28.8 Å². The molecule has 2 aromatic heterocycles. The predicted molar refractivity (Wildman–Crippen MR) is 119 cm³/mol. The number of carbonyl (C=O) groups excluding carboxylic acids is 2. The number of thiophene rings is 1. The van der Waals surface area contributed by atoms with Crippen LogP contribution in [-0.2, 0) is 16.1 Å². The van der Waals surface area contributed by atoms with E-state index in [1.165, 1.54) is 35.5 Å². The highest BCUT2D eigenvalue weighted by molar-refractivity contribution is 7.10. The van der Waals surface area contributed by atoms with Gasteiger partial charge in [-0.15, -0.1) is 11.3 Å². The molecule has 1 atom stereocenters. The Hall–Kier alpha value is -2.87. The van der Waals surface area contributed by atoms with Crippen molar-refractivity contribution in [1.29, 1.82) is 0 Å². The molecule has 6 nitrogen and oxygen atoms in total. The average molecular weight is 475 g/mol. The van der Waals surface area contributed by atoms with E-state index in [-0.39, 0.29) is 33.5 Å². The number of methoxy groups -OCH3 is 1. The molecule has 1 fully saturated rings. The Labute approximate surface area is 192 Å². The predicted octanol–water partition coefficient (Wildman–Crippen LogP) is 5.08. The molecule has 0 spiro atoms. The summed E-state index contributed by atoms with van der Waals surface area (Å²) in [7, 11) is 1.39. The second-order valence-electron chi connectivity index (χ2n) is 6.77. The molecule has 0 radical (unpaired) electrons. The number of aliphatic hydroxyl groups excluding tert-OH is 1. The van der Waals surface area contributed by atoms with Gasteiger partial charge in [-0.05, 0) is 35.2 Å². The Kier molecular flexibility index (Phi) is 6.00. The molecule has 1 N–H and O–H groups in total. The van der Waals surface area contributed by atoms with Gasteiger partial charge in [0.15, 0.2) is 0 Å². The minimum Gasteiger partial charge on any atom is -0.507 e. The number of benzene rings is 1. The summed E-state index contributed by atoms with van der Waals surface area (Å²) in [5, 5.41) is 13.5. The van der Waals surface area contributed by atoms with Gasteiger partial charge in [-0.3, -0.25) is 14.6 Å². The lowest BCUT2D eigenvalue weighted by Gasteiger charge is -2.24. The van der Waals surface area contributed by atoms with Crippen LogP contribution in [0.3, 0.4) is 0 Å². The van der Waals surface area contributed by atoms with E-state index in [4.69, 9.17) is 27.9 Å². The van der Waals surface area contributed by atoms with Crippen LogP contribution in [0.4, 0.5) is 0 Å². The number of carbonyl (C=O) groups is 2. The van der Waals surface area contributed by atoms with Crippen molar-refractivity contribution in [1.82, 2.24) is 9.88 Å². The third-order valence-corrected chi connectivity index (χ3v) is 6.32. The molecular weight excluding hydrogens is 459 g/mol. The summed E-state index contributed by atoms with van der Waals surface area (Å²) in [5.74, 6) is -1.74. The number of hydrogen-bond acceptors (Lipinski definition) is 6. The maximum atomic E-state index is 13.1. The van der Waals surface area contributed by atoms with Gasteiger partial charge in [0.25, 0.3) is 11.7 Å². The van der Waals surface area contributed by atoms with E-state index in [9.17, 15) is 14.7 Å². The van der Waals surface area contributed by atoms with Crippen molar-refractivity contribution in [3.63, 3.8) is 0 Å². The molecule has 1 aliphatic heterocycles. The molecule has 31 heavy (non-hydrogen) atoms. The first-order valence-electron chi connectivity index (χ1n) is 9.16. The Morgan fingerprint density at radius 3 is 2.71 bits per heavy atom. The first-order valence-corrected chi connectivity index (χ1v) is 10.8. The molecule has 4 rings (SSSR count). The third kappa shape index (κ3) is 3.92. The first kappa shape index (κ1) is 21.4. The zero-order valence-corrected chi connectivity index (χ0v) is 18.5. The average Bonchev–Trinajstić information content (AvgIpc) is 3.36. The van der Waals surface area contributed by atoms with Crippen molar-refractivity contribution in [2.75, 3.05) is 7.11 Å². The lowest BCUT2D eigenvalue weighted by atomic mass is 9.99. The molecule has 0 aliphatic carbocycles. The van der Waals surface area contributed by atoms with Gasteiger partial charge in [-0.2, -0.15) is 0 Å². The highest BCUT2D eigenvalue weighted by Gasteiger charge is 2.46. The van der Waals surface area contributed by atoms with Gasteiger partial charge in [0.05, 0.1) is 29.3 Å². The van der Waals surface area contributed by atoms with E-state index in [1.807, 2.05) is 23.6 Å². The molecule has 3 aromatic rings. The molecule has 1 aromatic carbocycles. The number of halogens is 2. The lowest BCUT2D eigenvalue weighted by Crippen LogP contribution is -2.28. The molecule has 1 unspecified atom stereocenters. The summed E-state index contributed by atoms with van der Waals surface area (Å²) >= 11 is 13.7. The molecule has 1 amide bonds. The van der Waals surface area contributed by atoms with E-state index in [2.05, 4.69) is 4.98 Å². The molecule has 158 valence electrons. The summed E-state index contributed by atoms with van der Waals surface area (Å²) in [6.45, 7) is 0.158. The molecule has 3 heterocycles. The van der Waals surface area contributed by atoms with Crippen LogP contribution in [0.25, 0.3) is 5.76 Å². The fourth-order valence-corrected chi connectivity index (χ4v) is 4.98. The van der Waals surface area contributed by atoms with Crippen molar-refractivity contribution in [2.45, 2.75) is 12.6 Å². The van der Waals surface area contributed by atoms with E-state index in [1.54, 1.807) is 18.5 Å². The van der Waals surface area contributed by atoms with Crippen LogP contribution in [0, 0.1) is 0 Å². The summed E-state index contributed by atoms with van der Waals surface area (Å²) in [4.78, 5) is 32.3. The zero-order valence-electron chi connectivity index (χ0n) is 16.2. The van der Waals surface area contributed by atoms with Gasteiger partial charge in [0.1, 0.15) is 11.5 Å². The quantitative estimate of drug-likeness (QED) is 0.316. The van der Waals surface area contributed by atoms with Crippen molar-refractivity contribution >= 4 is 52.0 Å². The fraction of sp³-hybridized carbons (Fsp3) is 0.136. The van der Waals surface area contributed by atoms with Crippen LogP contribution in [0.5, 0.6) is 5.75 Å². The van der Waals surface area contributed by atoms with Crippen LogP contribution in [0.15, 0.2) is 59.7 Å². The Morgan fingerprint density at radius 2 is 2.06 bits per heavy atom. The van der Waals surface area contributed by atoms with Crippen LogP contribution in [0.1, 0.15) is 22.0 Å². The number of likely N-dealkylation sites (tertiary alicyclic amines) is 1. The minimum atomic E-state index is -0.794. The second kappa shape index (κ2) is 8.70. The van der Waals surface area contributed by atoms with Gasteiger partial charge < -0.3 is 14.7 Å². The normalized spacial score (nSPS) is 17.9. The summed E-state index contributed by atoms with van der Waals surface area (Å²) in [6, 6.07) is 9.34. The largest absolute Gasteiger partial charge is 0.507 e. The summed E-state index contributed by atoms with van der Waals surface area (Å²) in [6.07, 6.45) is 3.26. The number of amides is 1. The first-order chi connectivity index (χ1) is 14.9. The van der Waals surface area contributed by atoms with Crippen LogP contribution < -0.4 is 4.74 Å². The highest BCUT2D eigenvalue weighted by Crippen LogP contribution is 2.44. The highest BCUT2D eigenvalue weighted by atomic mass is 35.5. The molecule has 0 saturated carbocycles. The maximum Gasteiger partial charge on any atom is 0.295 e. The Morgan fingerprint density at radius 1 is 1.26 bits per heavy atom. The molecule has 9 heteroatoms. The maximum absolute atomic E-state index is 13.1. The van der Waals surface area contributed by atoms with Crippen molar-refractivity contribution in [2.24, 2.45) is 0 Å². The van der Waals surface area contributed by atoms with Gasteiger partial charge in [-0.25, -0.2) is 0 Å². The van der Waals surface area contributed by atoms with E-state index < -0.39 is 23.5 Å². The monoisotopic (exact) mass is 474 g/mol. The van der Waals surface area contributed by atoms with Crippen LogP contribution in [0.2, 0.25) is 10.0 Å². The summed E-state index contributed by atoms with van der Waals surface area (Å²) in [5.41, 5.74) is 0.850. The van der Waals surface area contributed by atoms with Gasteiger partial charge in [0.2, 0.25) is 0 Å². The zero-order chi connectivity index (χ0) is 22.1. The smallest absolute Gasteiger partial charge is 0.295 e. The van der Waals surface area contributed by atoms with Crippen molar-refractivity contribution in [3.8, 4) is 5.75 Å². The third-order valence-electron chi connectivity index (χ3n) is 4.90. The minimum absolute atomic E-state index is 0.0482. The fourth-order valence-electron chi connectivity index (χ4n) is 3.56. The second-order valence-corrected chi connectivity index (χ2v) is 8.60. The number of Topliss-reactive ketones (excluding diaryl/α,β-unsaturated/α-hetero) is 1. The van der Waals surface area contributed by atoms with E-state index >= 15 is 0 Å². The number of rotatable bonds is 5. The number of hydrogen-bond donors (Lipinski definition) is 1. The number of ketones is 1. The number of ether oxygens (including phenoxy) is 1. The van der Waals surface area contributed by atoms with Crippen LogP contribution in [-0.4, -0.2) is 33.8 Å². The number of aliphatic hydroxyl groups is 1. The molecule has 0 bridgehead atoms. The topological polar surface area (TPSA) is 79.7 Å². The number of pyridine rings is 1. The van der Waals surface area contributed by atoms with Gasteiger partial charge >= 0.3 is 0 Å². The van der Waals surface area contributed by atoms with E-state index in [0.717, 1.165) is 10.4 Å². The van der Waals surface area contributed by atoms with Gasteiger partial charge in [-0.1, -0.05) is 35.3 Å². The van der Waals surface area contributed by atoms with Crippen molar-refractivity contribution in [3.05, 3.63) is 85.8 Å². The molecular formula is C22H16Cl2N2O4S. The van der Waals surface area contributed by atoms with Crippen LogP contribution >= 0.6 is 34.5 Å². The van der Waals surface area contributed by atoms with Crippen molar-refractivity contribution < 1.29 is 19.4 Å². The standard InChI is InChI=1S/C22H16Cl2N2O4S/c1-30-21-14(8-13(23)9-15(21)24)19(27)17-18(16-5-3-7-31-16)26(22(29)20(17)28)11-12-4-2-6-25-10-12/h2-10,18,27H,11H2,1H3/b19-17-. The Balaban J connectivity index is 1.90. The molecule has 1 aliphatic rings. The van der Waals surface area contributed by atoms with E-state index in [0.29, 0.717) is 0 Å².